The van der Waals surface area contributed by atoms with Gasteiger partial charge in [0.2, 0.25) is 5.91 Å². The number of carbonyl (C=O) groups is 1. The van der Waals surface area contributed by atoms with Crippen LogP contribution in [0.3, 0.4) is 0 Å². The van der Waals surface area contributed by atoms with Crippen molar-refractivity contribution in [1.29, 1.82) is 0 Å². The third-order valence-corrected chi connectivity index (χ3v) is 4.66. The normalized spacial score (nSPS) is 15.2. The highest BCUT2D eigenvalue weighted by molar-refractivity contribution is 6.33. The lowest BCUT2D eigenvalue weighted by atomic mass is 9.97. The molecule has 0 radical (unpaired) electrons. The summed E-state index contributed by atoms with van der Waals surface area (Å²) in [5.74, 6) is -0.211. The first-order chi connectivity index (χ1) is 12.3. The van der Waals surface area contributed by atoms with E-state index in [2.05, 4.69) is 16.4 Å². The van der Waals surface area contributed by atoms with E-state index < -0.39 is 11.7 Å². The number of hydrogen-bond donors (Lipinski definition) is 1. The van der Waals surface area contributed by atoms with E-state index in [0.29, 0.717) is 12.2 Å². The molecular weight excluding hydrogens is 367 g/mol. The molecule has 1 aliphatic carbocycles. The lowest BCUT2D eigenvalue weighted by Crippen LogP contribution is -2.26. The largest absolute Gasteiger partial charge is 0.417 e. The van der Waals surface area contributed by atoms with Crippen LogP contribution in [0.4, 0.5) is 13.2 Å². The van der Waals surface area contributed by atoms with Gasteiger partial charge in [0.05, 0.1) is 22.7 Å². The van der Waals surface area contributed by atoms with Crippen LogP contribution in [-0.2, 0) is 17.4 Å². The van der Waals surface area contributed by atoms with E-state index in [1.54, 1.807) is 0 Å². The van der Waals surface area contributed by atoms with E-state index in [9.17, 15) is 18.0 Å². The second-order valence-corrected chi connectivity index (χ2v) is 6.83. The number of pyridine rings is 1. The SMILES string of the molecule is O=C(Cc1cn2cc(C(F)(F)F)cc(Cl)c2n1)NCCC1=CCCCC1. The number of imidazole rings is 1. The number of amides is 1. The molecule has 0 aromatic carbocycles. The van der Waals surface area contributed by atoms with Crippen LogP contribution in [-0.4, -0.2) is 21.8 Å². The Hall–Kier alpha value is -2.02. The molecule has 0 saturated heterocycles. The number of carbonyl (C=O) groups excluding carboxylic acids is 1. The Morgan fingerprint density at radius 1 is 1.31 bits per heavy atom. The summed E-state index contributed by atoms with van der Waals surface area (Å²) in [4.78, 5) is 16.2. The second kappa shape index (κ2) is 7.70. The molecule has 1 amide bonds. The molecule has 2 aromatic heterocycles. The lowest BCUT2D eigenvalue weighted by molar-refractivity contribution is -0.137. The summed E-state index contributed by atoms with van der Waals surface area (Å²) in [7, 11) is 0. The first-order valence-corrected chi connectivity index (χ1v) is 8.89. The maximum Gasteiger partial charge on any atom is 0.417 e. The molecule has 2 aromatic rings. The summed E-state index contributed by atoms with van der Waals surface area (Å²) in [6.45, 7) is 0.553. The van der Waals surface area contributed by atoms with Crippen LogP contribution < -0.4 is 5.32 Å². The van der Waals surface area contributed by atoms with Gasteiger partial charge >= 0.3 is 6.18 Å². The Labute approximate surface area is 154 Å². The predicted octanol–water partition coefficient (Wildman–Crippen LogP) is 4.56. The van der Waals surface area contributed by atoms with Crippen LogP contribution in [0.15, 0.2) is 30.1 Å². The first-order valence-electron chi connectivity index (χ1n) is 8.52. The van der Waals surface area contributed by atoms with Crippen molar-refractivity contribution in [1.82, 2.24) is 14.7 Å². The summed E-state index contributed by atoms with van der Waals surface area (Å²) < 4.78 is 39.7. The van der Waals surface area contributed by atoms with Gasteiger partial charge in [0.15, 0.2) is 5.65 Å². The molecule has 0 fully saturated rings. The van der Waals surface area contributed by atoms with E-state index in [-0.39, 0.29) is 23.0 Å². The minimum Gasteiger partial charge on any atom is -0.355 e. The minimum atomic E-state index is -4.49. The van der Waals surface area contributed by atoms with Gasteiger partial charge in [0.25, 0.3) is 0 Å². The van der Waals surface area contributed by atoms with Gasteiger partial charge in [-0.1, -0.05) is 23.3 Å². The second-order valence-electron chi connectivity index (χ2n) is 6.42. The number of nitrogens with zero attached hydrogens (tertiary/aromatic N) is 2. The molecule has 0 aliphatic heterocycles. The Balaban J connectivity index is 1.62. The number of halogens is 4. The van der Waals surface area contributed by atoms with E-state index >= 15 is 0 Å². The average molecular weight is 386 g/mol. The predicted molar refractivity (Wildman–Crippen MR) is 93.1 cm³/mol. The lowest BCUT2D eigenvalue weighted by Gasteiger charge is -2.12. The first kappa shape index (κ1) is 18.8. The Morgan fingerprint density at radius 3 is 2.81 bits per heavy atom. The van der Waals surface area contributed by atoms with Crippen molar-refractivity contribution in [3.8, 4) is 0 Å². The highest BCUT2D eigenvalue weighted by Crippen LogP contribution is 2.32. The van der Waals surface area contributed by atoms with Gasteiger partial charge in [-0.3, -0.25) is 4.79 Å². The van der Waals surface area contributed by atoms with Gasteiger partial charge in [-0.15, -0.1) is 0 Å². The summed E-state index contributed by atoms with van der Waals surface area (Å²) in [5, 5.41) is 2.73. The molecule has 1 aliphatic rings. The molecule has 26 heavy (non-hydrogen) atoms. The Morgan fingerprint density at radius 2 is 2.12 bits per heavy atom. The zero-order chi connectivity index (χ0) is 18.7. The van der Waals surface area contributed by atoms with Gasteiger partial charge in [-0.25, -0.2) is 4.98 Å². The Kier molecular flexibility index (Phi) is 5.55. The molecule has 4 nitrogen and oxygen atoms in total. The highest BCUT2D eigenvalue weighted by Gasteiger charge is 2.31. The molecule has 3 rings (SSSR count). The van der Waals surface area contributed by atoms with Crippen molar-refractivity contribution >= 4 is 23.2 Å². The van der Waals surface area contributed by atoms with Crippen molar-refractivity contribution in [2.75, 3.05) is 6.54 Å². The number of hydrogen-bond acceptors (Lipinski definition) is 2. The molecule has 1 N–H and O–H groups in total. The maximum atomic E-state index is 12.8. The summed E-state index contributed by atoms with van der Waals surface area (Å²) in [5.41, 5.74) is 1.09. The van der Waals surface area contributed by atoms with Crippen LogP contribution in [0.5, 0.6) is 0 Å². The van der Waals surface area contributed by atoms with Gasteiger partial charge < -0.3 is 9.72 Å². The van der Waals surface area contributed by atoms with E-state index in [0.717, 1.165) is 31.5 Å². The van der Waals surface area contributed by atoms with Crippen LogP contribution in [0.1, 0.15) is 43.4 Å². The van der Waals surface area contributed by atoms with E-state index in [1.807, 2.05) is 0 Å². The standard InChI is InChI=1S/C18H19ClF3N3O/c19-15-8-13(18(20,21)22)10-25-11-14(24-17(15)25)9-16(26)23-7-6-12-4-2-1-3-5-12/h4,8,10-11H,1-3,5-7,9H2,(H,23,26). The zero-order valence-electron chi connectivity index (χ0n) is 14.1. The average Bonchev–Trinajstić information content (AvgIpc) is 2.98. The van der Waals surface area contributed by atoms with Crippen LogP contribution in [0.25, 0.3) is 5.65 Å². The monoisotopic (exact) mass is 385 g/mol. The summed E-state index contributed by atoms with van der Waals surface area (Å²) in [6.07, 6.45) is 5.50. The molecule has 0 spiro atoms. The van der Waals surface area contributed by atoms with Crippen molar-refractivity contribution in [3.63, 3.8) is 0 Å². The third-order valence-electron chi connectivity index (χ3n) is 4.38. The minimum absolute atomic E-state index is 0.00158. The number of nitrogens with one attached hydrogen (secondary N) is 1. The van der Waals surface area contributed by atoms with E-state index in [1.165, 1.54) is 29.0 Å². The van der Waals surface area contributed by atoms with Gasteiger partial charge in [-0.05, 0) is 38.2 Å². The van der Waals surface area contributed by atoms with Crippen LogP contribution in [0.2, 0.25) is 5.02 Å². The fraction of sp³-hybridized carbons (Fsp3) is 0.444. The topological polar surface area (TPSA) is 46.4 Å². The number of rotatable bonds is 5. The molecule has 0 atom stereocenters. The smallest absolute Gasteiger partial charge is 0.355 e. The maximum absolute atomic E-state index is 12.8. The van der Waals surface area contributed by atoms with Crippen molar-refractivity contribution in [3.05, 3.63) is 46.4 Å². The number of aromatic nitrogens is 2. The number of alkyl halides is 3. The summed E-state index contributed by atoms with van der Waals surface area (Å²) >= 11 is 5.90. The van der Waals surface area contributed by atoms with Crippen molar-refractivity contribution in [2.24, 2.45) is 0 Å². The molecule has 8 heteroatoms. The molecular formula is C18H19ClF3N3O. The number of fused-ring (bicyclic) bond motifs is 1. The van der Waals surface area contributed by atoms with Crippen LogP contribution in [0, 0.1) is 0 Å². The van der Waals surface area contributed by atoms with Crippen molar-refractivity contribution < 1.29 is 18.0 Å². The van der Waals surface area contributed by atoms with Gasteiger partial charge in [0, 0.05) is 18.9 Å². The van der Waals surface area contributed by atoms with Crippen molar-refractivity contribution in [2.45, 2.75) is 44.7 Å². The fourth-order valence-corrected chi connectivity index (χ4v) is 3.33. The quantitative estimate of drug-likeness (QED) is 0.767. The van der Waals surface area contributed by atoms with E-state index in [4.69, 9.17) is 11.6 Å². The molecule has 0 saturated carbocycles. The van der Waals surface area contributed by atoms with Gasteiger partial charge in [0.1, 0.15) is 0 Å². The fourth-order valence-electron chi connectivity index (χ4n) is 3.07. The molecule has 0 unspecified atom stereocenters. The summed E-state index contributed by atoms with van der Waals surface area (Å²) in [6, 6.07) is 0.839. The number of allylic oxidation sites excluding steroid dienone is 1. The molecule has 0 bridgehead atoms. The molecule has 140 valence electrons. The highest BCUT2D eigenvalue weighted by atomic mass is 35.5. The Bertz CT molecular complexity index is 842. The zero-order valence-corrected chi connectivity index (χ0v) is 14.8. The van der Waals surface area contributed by atoms with Crippen LogP contribution >= 0.6 is 11.6 Å². The third kappa shape index (κ3) is 4.58. The van der Waals surface area contributed by atoms with Gasteiger partial charge in [-0.2, -0.15) is 13.2 Å². The molecule has 2 heterocycles.